The van der Waals surface area contributed by atoms with Gasteiger partial charge < -0.3 is 5.11 Å². The van der Waals surface area contributed by atoms with Crippen molar-refractivity contribution in [3.05, 3.63) is 47.3 Å². The highest BCUT2D eigenvalue weighted by atomic mass is 32.2. The van der Waals surface area contributed by atoms with Crippen molar-refractivity contribution >= 4 is 17.7 Å². The molecule has 106 valence electrons. The van der Waals surface area contributed by atoms with E-state index in [1.54, 1.807) is 30.0 Å². The van der Waals surface area contributed by atoms with E-state index in [1.165, 1.54) is 5.69 Å². The Hall–Kier alpha value is -1.75. The van der Waals surface area contributed by atoms with Gasteiger partial charge in [0.25, 0.3) is 0 Å². The number of hydrogen-bond acceptors (Lipinski definition) is 3. The normalized spacial score (nSPS) is 10.7. The molecule has 0 aliphatic heterocycles. The molecule has 1 aromatic carbocycles. The first-order valence-electron chi connectivity index (χ1n) is 6.65. The van der Waals surface area contributed by atoms with E-state index in [4.69, 9.17) is 5.11 Å². The summed E-state index contributed by atoms with van der Waals surface area (Å²) in [6.45, 7) is 5.02. The summed E-state index contributed by atoms with van der Waals surface area (Å²) in [4.78, 5) is 11.9. The summed E-state index contributed by atoms with van der Waals surface area (Å²) in [5, 5.41) is 13.5. The lowest BCUT2D eigenvalue weighted by Gasteiger charge is -2.05. The smallest absolute Gasteiger partial charge is 0.335 e. The lowest BCUT2D eigenvalue weighted by Crippen LogP contribution is -2.01. The van der Waals surface area contributed by atoms with Crippen LogP contribution < -0.4 is 0 Å². The second-order valence-corrected chi connectivity index (χ2v) is 5.47. The van der Waals surface area contributed by atoms with Crippen LogP contribution in [0.4, 0.5) is 0 Å². The number of nitrogens with zero attached hydrogens (tertiary/aromatic N) is 2. The van der Waals surface area contributed by atoms with Gasteiger partial charge in [-0.25, -0.2) is 4.79 Å². The molecule has 0 atom stereocenters. The molecule has 0 unspecified atom stereocenters. The van der Waals surface area contributed by atoms with Crippen molar-refractivity contribution in [3.8, 4) is 0 Å². The minimum Gasteiger partial charge on any atom is -0.478 e. The Morgan fingerprint density at radius 3 is 2.80 bits per heavy atom. The van der Waals surface area contributed by atoms with E-state index in [2.05, 4.69) is 25.0 Å². The lowest BCUT2D eigenvalue weighted by atomic mass is 10.2. The van der Waals surface area contributed by atoms with Crippen LogP contribution in [0.2, 0.25) is 0 Å². The standard InChI is InChI=1S/C15H18N2O2S/c1-3-12-9-13(17(4-2)16-12)10-20-14-7-5-6-11(8-14)15(18)19/h5-9H,3-4,10H2,1-2H3,(H,18,19). The lowest BCUT2D eigenvalue weighted by molar-refractivity contribution is 0.0696. The van der Waals surface area contributed by atoms with Crippen molar-refractivity contribution in [1.82, 2.24) is 9.78 Å². The third-order valence-electron chi connectivity index (χ3n) is 3.04. The number of aromatic nitrogens is 2. The second-order valence-electron chi connectivity index (χ2n) is 4.42. The summed E-state index contributed by atoms with van der Waals surface area (Å²) in [7, 11) is 0. The summed E-state index contributed by atoms with van der Waals surface area (Å²) in [5.74, 6) is -0.0940. The Labute approximate surface area is 122 Å². The van der Waals surface area contributed by atoms with Crippen LogP contribution in [0.1, 0.15) is 35.6 Å². The van der Waals surface area contributed by atoms with Gasteiger partial charge in [-0.1, -0.05) is 13.0 Å². The number of hydrogen-bond donors (Lipinski definition) is 1. The number of benzene rings is 1. The molecule has 0 amide bonds. The molecule has 5 heteroatoms. The molecule has 1 N–H and O–H groups in total. The number of carboxylic acids is 1. The van der Waals surface area contributed by atoms with Crippen molar-refractivity contribution in [2.75, 3.05) is 0 Å². The molecular formula is C15H18N2O2S. The molecule has 1 heterocycles. The SMILES string of the molecule is CCc1cc(CSc2cccc(C(=O)O)c2)n(CC)n1. The molecule has 0 bridgehead atoms. The first-order chi connectivity index (χ1) is 9.63. The van der Waals surface area contributed by atoms with Crippen LogP contribution in [0, 0.1) is 0 Å². The fraction of sp³-hybridized carbons (Fsp3) is 0.333. The van der Waals surface area contributed by atoms with Gasteiger partial charge in [-0.05, 0) is 37.6 Å². The molecule has 20 heavy (non-hydrogen) atoms. The Balaban J connectivity index is 2.10. The zero-order valence-corrected chi connectivity index (χ0v) is 12.5. The van der Waals surface area contributed by atoms with Crippen LogP contribution in [0.15, 0.2) is 35.2 Å². The van der Waals surface area contributed by atoms with E-state index in [1.807, 2.05) is 10.7 Å². The molecule has 2 aromatic rings. The quantitative estimate of drug-likeness (QED) is 0.828. The maximum absolute atomic E-state index is 10.9. The first-order valence-corrected chi connectivity index (χ1v) is 7.64. The van der Waals surface area contributed by atoms with E-state index in [0.29, 0.717) is 5.56 Å². The Kier molecular flexibility index (Phi) is 4.84. The van der Waals surface area contributed by atoms with Crippen LogP contribution in [0.5, 0.6) is 0 Å². The van der Waals surface area contributed by atoms with Crippen molar-refractivity contribution in [1.29, 1.82) is 0 Å². The van der Waals surface area contributed by atoms with Gasteiger partial charge in [0, 0.05) is 22.9 Å². The summed E-state index contributed by atoms with van der Waals surface area (Å²) in [5.41, 5.74) is 2.60. The van der Waals surface area contributed by atoms with Crippen molar-refractivity contribution < 1.29 is 9.90 Å². The fourth-order valence-electron chi connectivity index (χ4n) is 1.95. The molecular weight excluding hydrogens is 272 g/mol. The van der Waals surface area contributed by atoms with Crippen LogP contribution in [0.3, 0.4) is 0 Å². The Morgan fingerprint density at radius 2 is 2.15 bits per heavy atom. The average Bonchev–Trinajstić information content (AvgIpc) is 2.88. The monoisotopic (exact) mass is 290 g/mol. The zero-order valence-electron chi connectivity index (χ0n) is 11.7. The highest BCUT2D eigenvalue weighted by Crippen LogP contribution is 2.24. The summed E-state index contributed by atoms with van der Waals surface area (Å²) in [6.07, 6.45) is 0.930. The van der Waals surface area contributed by atoms with Crippen LogP contribution in [-0.4, -0.2) is 20.9 Å². The molecule has 0 aliphatic carbocycles. The fourth-order valence-corrected chi connectivity index (χ4v) is 2.89. The Morgan fingerprint density at radius 1 is 1.35 bits per heavy atom. The van der Waals surface area contributed by atoms with Gasteiger partial charge in [-0.15, -0.1) is 11.8 Å². The van der Waals surface area contributed by atoms with E-state index < -0.39 is 5.97 Å². The number of aromatic carboxylic acids is 1. The summed E-state index contributed by atoms with van der Waals surface area (Å²) >= 11 is 1.63. The minimum absolute atomic E-state index is 0.327. The number of thioether (sulfide) groups is 1. The second kappa shape index (κ2) is 6.61. The largest absolute Gasteiger partial charge is 0.478 e. The van der Waals surface area contributed by atoms with Gasteiger partial charge in [0.15, 0.2) is 0 Å². The number of carbonyl (C=O) groups is 1. The molecule has 0 radical (unpaired) electrons. The third kappa shape index (κ3) is 3.42. The van der Waals surface area contributed by atoms with Gasteiger partial charge in [-0.3, -0.25) is 4.68 Å². The van der Waals surface area contributed by atoms with Gasteiger partial charge >= 0.3 is 5.97 Å². The summed E-state index contributed by atoms with van der Waals surface area (Å²) < 4.78 is 2.01. The predicted molar refractivity (Wildman–Crippen MR) is 80.2 cm³/mol. The first kappa shape index (κ1) is 14.7. The molecule has 1 aromatic heterocycles. The topological polar surface area (TPSA) is 55.1 Å². The van der Waals surface area contributed by atoms with Crippen LogP contribution >= 0.6 is 11.8 Å². The molecule has 2 rings (SSSR count). The molecule has 0 saturated heterocycles. The van der Waals surface area contributed by atoms with Crippen molar-refractivity contribution in [2.45, 2.75) is 37.5 Å². The number of rotatable bonds is 6. The molecule has 4 nitrogen and oxygen atoms in total. The number of aryl methyl sites for hydroxylation is 2. The molecule has 0 aliphatic rings. The van der Waals surface area contributed by atoms with E-state index >= 15 is 0 Å². The maximum atomic E-state index is 10.9. The van der Waals surface area contributed by atoms with Gasteiger partial charge in [0.05, 0.1) is 11.3 Å². The third-order valence-corrected chi connectivity index (χ3v) is 4.07. The predicted octanol–water partition coefficient (Wildman–Crippen LogP) is 3.46. The zero-order chi connectivity index (χ0) is 14.5. The maximum Gasteiger partial charge on any atom is 0.335 e. The molecule has 0 saturated carbocycles. The highest BCUT2D eigenvalue weighted by Gasteiger charge is 2.08. The highest BCUT2D eigenvalue weighted by molar-refractivity contribution is 7.98. The minimum atomic E-state index is -0.890. The average molecular weight is 290 g/mol. The van der Waals surface area contributed by atoms with Crippen molar-refractivity contribution in [3.63, 3.8) is 0 Å². The van der Waals surface area contributed by atoms with Gasteiger partial charge in [0.2, 0.25) is 0 Å². The van der Waals surface area contributed by atoms with E-state index in [-0.39, 0.29) is 0 Å². The van der Waals surface area contributed by atoms with Crippen LogP contribution in [-0.2, 0) is 18.7 Å². The Bertz CT molecular complexity index is 608. The molecule has 0 spiro atoms. The van der Waals surface area contributed by atoms with Gasteiger partial charge in [-0.2, -0.15) is 5.10 Å². The molecule has 0 fully saturated rings. The summed E-state index contributed by atoms with van der Waals surface area (Å²) in [6, 6.07) is 9.15. The van der Waals surface area contributed by atoms with Gasteiger partial charge in [0.1, 0.15) is 0 Å². The van der Waals surface area contributed by atoms with E-state index in [0.717, 1.165) is 29.3 Å². The van der Waals surface area contributed by atoms with E-state index in [9.17, 15) is 4.79 Å². The van der Waals surface area contributed by atoms with Crippen molar-refractivity contribution in [2.24, 2.45) is 0 Å². The number of carboxylic acid groups (broad SMARTS) is 1. The van der Waals surface area contributed by atoms with Crippen LogP contribution in [0.25, 0.3) is 0 Å².